The van der Waals surface area contributed by atoms with Crippen molar-refractivity contribution in [1.82, 2.24) is 0 Å². The van der Waals surface area contributed by atoms with Crippen molar-refractivity contribution < 1.29 is 21.7 Å². The van der Waals surface area contributed by atoms with E-state index in [2.05, 4.69) is 105 Å². The summed E-state index contributed by atoms with van der Waals surface area (Å²) >= 11 is 3.73. The molecule has 0 aliphatic carbocycles. The van der Waals surface area contributed by atoms with E-state index in [4.69, 9.17) is 0 Å². The number of rotatable bonds is 28. The van der Waals surface area contributed by atoms with Crippen molar-refractivity contribution in [2.75, 3.05) is 24.6 Å². The predicted molar refractivity (Wildman–Crippen MR) is 213 cm³/mol. The average molecular weight is 766 g/mol. The molecule has 2 aromatic rings. The highest BCUT2D eigenvalue weighted by molar-refractivity contribution is 9.10. The zero-order chi connectivity index (χ0) is 36.0. The van der Waals surface area contributed by atoms with E-state index in [1.807, 2.05) is 0 Å². The fourth-order valence-electron chi connectivity index (χ4n) is 5.93. The Morgan fingerprint density at radius 3 is 1.49 bits per heavy atom. The molecule has 1 aromatic carbocycles. The molecule has 280 valence electrons. The standard InChI is InChI=1S/C39H64BrN2.C2H6O4S/c1-4-7-9-11-13-15-17-19-21-23-32-42(33-24-22-20-18-16-14-12-10-8-5-2)38-29-26-36(27-30-38)25-28-37-31-34-41(6-3)35-39(37)40;1-2-6-7(3,4)5/h25-31,34-35H,4-24,32-33H2,1-3H3;2H2,1H3,(H,3,4,5)/q+1;/p-1. The van der Waals surface area contributed by atoms with Gasteiger partial charge in [-0.15, -0.1) is 0 Å². The summed E-state index contributed by atoms with van der Waals surface area (Å²) in [4.78, 5) is 2.67. The second kappa shape index (κ2) is 29.9. The first-order valence-electron chi connectivity index (χ1n) is 19.6. The number of aryl methyl sites for hydroxylation is 1. The average Bonchev–Trinajstić information content (AvgIpc) is 3.08. The molecule has 0 spiro atoms. The Balaban J connectivity index is 0.00000154. The van der Waals surface area contributed by atoms with Crippen molar-refractivity contribution in [1.29, 1.82) is 0 Å². The van der Waals surface area contributed by atoms with E-state index < -0.39 is 10.4 Å². The normalized spacial score (nSPS) is 11.6. The van der Waals surface area contributed by atoms with Crippen LogP contribution in [-0.4, -0.2) is 32.7 Å². The molecule has 0 atom stereocenters. The van der Waals surface area contributed by atoms with Crippen molar-refractivity contribution in [2.24, 2.45) is 0 Å². The zero-order valence-corrected chi connectivity index (χ0v) is 33.9. The summed E-state index contributed by atoms with van der Waals surface area (Å²) in [6.07, 6.45) is 36.7. The van der Waals surface area contributed by atoms with Gasteiger partial charge in [0.15, 0.2) is 12.4 Å². The van der Waals surface area contributed by atoms with Gasteiger partial charge >= 0.3 is 0 Å². The smallest absolute Gasteiger partial charge is 0.217 e. The van der Waals surface area contributed by atoms with Gasteiger partial charge in [0.25, 0.3) is 0 Å². The van der Waals surface area contributed by atoms with Crippen LogP contribution in [0, 0.1) is 0 Å². The van der Waals surface area contributed by atoms with Crippen LogP contribution in [-0.2, 0) is 21.1 Å². The van der Waals surface area contributed by atoms with Crippen LogP contribution in [0.4, 0.5) is 5.69 Å². The molecular weight excluding hydrogens is 696 g/mol. The SMILES string of the molecule is CCCCCCCCCCCCN(CCCCCCCCCCCC)c1ccc(C=Cc2cc[n+](CC)cc2Br)cc1.CCOS(=O)(=O)[O-]. The third-order valence-corrected chi connectivity index (χ3v) is 10.1. The molecule has 49 heavy (non-hydrogen) atoms. The summed E-state index contributed by atoms with van der Waals surface area (Å²) < 4.78 is 35.3. The fourth-order valence-corrected chi connectivity index (χ4v) is 6.74. The second-order valence-electron chi connectivity index (χ2n) is 13.2. The van der Waals surface area contributed by atoms with Crippen LogP contribution >= 0.6 is 15.9 Å². The van der Waals surface area contributed by atoms with Crippen LogP contribution in [0.1, 0.15) is 167 Å². The van der Waals surface area contributed by atoms with E-state index in [0.29, 0.717) is 0 Å². The minimum Gasteiger partial charge on any atom is -0.726 e. The van der Waals surface area contributed by atoms with Gasteiger partial charge < -0.3 is 9.45 Å². The summed E-state index contributed by atoms with van der Waals surface area (Å²) in [5, 5.41) is 0. The van der Waals surface area contributed by atoms with Crippen molar-refractivity contribution >= 4 is 44.2 Å². The lowest BCUT2D eigenvalue weighted by atomic mass is 10.1. The summed E-state index contributed by atoms with van der Waals surface area (Å²) in [5.74, 6) is 0. The van der Waals surface area contributed by atoms with E-state index in [9.17, 15) is 13.0 Å². The van der Waals surface area contributed by atoms with Crippen molar-refractivity contribution in [3.05, 3.63) is 58.3 Å². The number of anilines is 1. The van der Waals surface area contributed by atoms with E-state index in [1.165, 1.54) is 165 Å². The largest absolute Gasteiger partial charge is 0.726 e. The predicted octanol–water partition coefficient (Wildman–Crippen LogP) is 12.1. The van der Waals surface area contributed by atoms with Crippen LogP contribution in [0.5, 0.6) is 0 Å². The number of nitrogens with zero attached hydrogens (tertiary/aromatic N) is 2. The summed E-state index contributed by atoms with van der Waals surface area (Å²) in [6.45, 7) is 11.5. The van der Waals surface area contributed by atoms with Crippen molar-refractivity contribution in [3.8, 4) is 0 Å². The molecule has 1 aromatic heterocycles. The molecule has 0 aliphatic rings. The molecule has 0 unspecified atom stereocenters. The van der Waals surface area contributed by atoms with Gasteiger partial charge in [0, 0.05) is 30.4 Å². The van der Waals surface area contributed by atoms with E-state index in [1.54, 1.807) is 0 Å². The van der Waals surface area contributed by atoms with E-state index in [0.717, 1.165) is 11.0 Å². The molecule has 0 amide bonds. The Kier molecular flexibility index (Phi) is 27.7. The summed E-state index contributed by atoms with van der Waals surface area (Å²) in [7, 11) is -4.42. The Hall–Kier alpha value is -1.74. The molecule has 0 bridgehead atoms. The Morgan fingerprint density at radius 2 is 1.12 bits per heavy atom. The quantitative estimate of drug-likeness (QED) is 0.0373. The van der Waals surface area contributed by atoms with Gasteiger partial charge in [0.2, 0.25) is 10.4 Å². The molecule has 1 heterocycles. The van der Waals surface area contributed by atoms with Crippen LogP contribution < -0.4 is 9.47 Å². The zero-order valence-electron chi connectivity index (χ0n) is 31.5. The van der Waals surface area contributed by atoms with Gasteiger partial charge in [0.1, 0.15) is 6.54 Å². The van der Waals surface area contributed by atoms with Gasteiger partial charge in [-0.05, 0) is 60.3 Å². The van der Waals surface area contributed by atoms with E-state index in [-0.39, 0.29) is 6.61 Å². The number of hydrogen-bond donors (Lipinski definition) is 0. The summed E-state index contributed by atoms with van der Waals surface area (Å²) in [6, 6.07) is 11.5. The Labute approximate surface area is 310 Å². The summed E-state index contributed by atoms with van der Waals surface area (Å²) in [5.41, 5.74) is 3.87. The molecule has 0 saturated heterocycles. The van der Waals surface area contributed by atoms with E-state index >= 15 is 0 Å². The first kappa shape index (κ1) is 45.3. The maximum Gasteiger partial charge on any atom is 0.217 e. The van der Waals surface area contributed by atoms with Gasteiger partial charge in [-0.25, -0.2) is 13.0 Å². The molecule has 0 fully saturated rings. The topological polar surface area (TPSA) is 73.5 Å². The maximum absolute atomic E-state index is 9.45. The lowest BCUT2D eigenvalue weighted by molar-refractivity contribution is -0.694. The minimum atomic E-state index is -4.42. The Bertz CT molecular complexity index is 1180. The molecule has 8 heteroatoms. The van der Waals surface area contributed by atoms with Crippen LogP contribution in [0.3, 0.4) is 0 Å². The van der Waals surface area contributed by atoms with Crippen LogP contribution in [0.25, 0.3) is 12.2 Å². The highest BCUT2D eigenvalue weighted by Gasteiger charge is 2.07. The molecule has 6 nitrogen and oxygen atoms in total. The van der Waals surface area contributed by atoms with Gasteiger partial charge in [-0.3, -0.25) is 4.18 Å². The lowest BCUT2D eigenvalue weighted by Crippen LogP contribution is -2.31. The molecule has 0 N–H and O–H groups in total. The highest BCUT2D eigenvalue weighted by Crippen LogP contribution is 2.21. The molecular formula is C41H69BrN2O4S. The fraction of sp³-hybridized carbons (Fsp3) is 0.683. The lowest BCUT2D eigenvalue weighted by Gasteiger charge is -2.25. The number of benzene rings is 1. The number of hydrogen-bond acceptors (Lipinski definition) is 5. The molecule has 0 aliphatic heterocycles. The number of unbranched alkanes of at least 4 members (excludes halogenated alkanes) is 18. The van der Waals surface area contributed by atoms with Gasteiger partial charge in [-0.1, -0.05) is 154 Å². The Morgan fingerprint density at radius 1 is 0.673 bits per heavy atom. The molecule has 0 saturated carbocycles. The van der Waals surface area contributed by atoms with Gasteiger partial charge in [-0.2, -0.15) is 0 Å². The monoisotopic (exact) mass is 764 g/mol. The number of halogens is 1. The van der Waals surface area contributed by atoms with Crippen LogP contribution in [0.2, 0.25) is 0 Å². The highest BCUT2D eigenvalue weighted by atomic mass is 79.9. The number of aromatic nitrogens is 1. The van der Waals surface area contributed by atoms with Crippen LogP contribution in [0.15, 0.2) is 47.2 Å². The molecule has 2 rings (SSSR count). The minimum absolute atomic E-state index is 0.0914. The maximum atomic E-state index is 9.45. The third-order valence-electron chi connectivity index (χ3n) is 8.90. The molecule has 0 radical (unpaired) electrons. The first-order valence-corrected chi connectivity index (χ1v) is 21.7. The van der Waals surface area contributed by atoms with Gasteiger partial charge in [0.05, 0.1) is 11.1 Å². The third kappa shape index (κ3) is 25.0. The second-order valence-corrected chi connectivity index (χ2v) is 15.1. The number of pyridine rings is 1. The first-order chi connectivity index (χ1) is 23.7. The van der Waals surface area contributed by atoms with Crippen molar-refractivity contribution in [3.63, 3.8) is 0 Å². The van der Waals surface area contributed by atoms with Crippen molar-refractivity contribution in [2.45, 2.75) is 163 Å².